The highest BCUT2D eigenvalue weighted by Gasteiger charge is 2.30. The Bertz CT molecular complexity index is 491. The molecule has 6 heteroatoms. The zero-order chi connectivity index (χ0) is 14.0. The minimum atomic E-state index is -0.580. The van der Waals surface area contributed by atoms with Gasteiger partial charge in [0, 0.05) is 23.5 Å². The number of carbonyl (C=O) groups is 1. The third-order valence-electron chi connectivity index (χ3n) is 3.09. The maximum atomic E-state index is 11.5. The first-order valence-electron chi connectivity index (χ1n) is 6.14. The van der Waals surface area contributed by atoms with Crippen molar-refractivity contribution in [3.63, 3.8) is 0 Å². The number of anilines is 2. The molecule has 0 aliphatic carbocycles. The number of urea groups is 1. The number of alkyl halides is 1. The lowest BCUT2D eigenvalue weighted by atomic mass is 9.90. The van der Waals surface area contributed by atoms with E-state index in [1.54, 1.807) is 0 Å². The van der Waals surface area contributed by atoms with E-state index >= 15 is 0 Å². The van der Waals surface area contributed by atoms with Crippen molar-refractivity contribution in [3.05, 3.63) is 23.8 Å². The van der Waals surface area contributed by atoms with Crippen LogP contribution in [0.4, 0.5) is 16.2 Å². The fourth-order valence-corrected chi connectivity index (χ4v) is 2.18. The topological polar surface area (TPSA) is 73.4 Å². The second-order valence-electron chi connectivity index (χ2n) is 5.15. The molecule has 19 heavy (non-hydrogen) atoms. The summed E-state index contributed by atoms with van der Waals surface area (Å²) in [7, 11) is 0. The number of rotatable bonds is 4. The first kappa shape index (κ1) is 14.0. The molecule has 0 fully saturated rings. The summed E-state index contributed by atoms with van der Waals surface area (Å²) >= 11 is 5.55. The van der Waals surface area contributed by atoms with Crippen LogP contribution < -0.4 is 16.0 Å². The molecule has 1 atom stereocenters. The van der Waals surface area contributed by atoms with Gasteiger partial charge >= 0.3 is 6.03 Å². The molecule has 0 saturated carbocycles. The van der Waals surface area contributed by atoms with Crippen LogP contribution in [0, 0.1) is 0 Å². The summed E-state index contributed by atoms with van der Waals surface area (Å²) in [6.45, 7) is 4.28. The van der Waals surface area contributed by atoms with E-state index in [1.807, 2.05) is 32.0 Å². The van der Waals surface area contributed by atoms with Crippen molar-refractivity contribution in [2.45, 2.75) is 25.5 Å². The average Bonchev–Trinajstić information content (AvgIpc) is 2.35. The van der Waals surface area contributed by atoms with Crippen LogP contribution in [0.2, 0.25) is 0 Å². The summed E-state index contributed by atoms with van der Waals surface area (Å²) in [4.78, 5) is 11.5. The zero-order valence-corrected chi connectivity index (χ0v) is 11.7. The maximum absolute atomic E-state index is 11.5. The van der Waals surface area contributed by atoms with Crippen LogP contribution >= 0.6 is 11.6 Å². The van der Waals surface area contributed by atoms with Crippen LogP contribution in [0.25, 0.3) is 0 Å². The smallest absolute Gasteiger partial charge is 0.319 e. The van der Waals surface area contributed by atoms with E-state index in [1.165, 1.54) is 0 Å². The molecule has 1 aromatic carbocycles. The van der Waals surface area contributed by atoms with Gasteiger partial charge in [-0.1, -0.05) is 0 Å². The molecular formula is C13H18ClN3O2. The molecule has 5 nitrogen and oxygen atoms in total. The molecule has 1 aliphatic rings. The van der Waals surface area contributed by atoms with Crippen molar-refractivity contribution in [2.75, 3.05) is 23.1 Å². The van der Waals surface area contributed by atoms with E-state index in [4.69, 9.17) is 11.6 Å². The van der Waals surface area contributed by atoms with Crippen LogP contribution in [0.5, 0.6) is 0 Å². The monoisotopic (exact) mass is 283 g/mol. The molecule has 2 amide bonds. The number of fused-ring (bicyclic) bond motifs is 1. The number of carbonyl (C=O) groups excluding carboxylic acids is 1. The van der Waals surface area contributed by atoms with E-state index in [0.717, 1.165) is 16.9 Å². The fraction of sp³-hybridized carbons (Fsp3) is 0.462. The van der Waals surface area contributed by atoms with E-state index in [2.05, 4.69) is 16.0 Å². The third-order valence-corrected chi connectivity index (χ3v) is 3.44. The van der Waals surface area contributed by atoms with E-state index in [-0.39, 0.29) is 11.9 Å². The third kappa shape index (κ3) is 3.11. The number of hydrogen-bond acceptors (Lipinski definition) is 3. The highest BCUT2D eigenvalue weighted by atomic mass is 35.5. The van der Waals surface area contributed by atoms with Gasteiger partial charge in [0.15, 0.2) is 0 Å². The minimum absolute atomic E-state index is 0.195. The lowest BCUT2D eigenvalue weighted by Gasteiger charge is -2.34. The summed E-state index contributed by atoms with van der Waals surface area (Å²) in [5.41, 5.74) is 2.25. The predicted octanol–water partition coefficient (Wildman–Crippen LogP) is 2.07. The Hall–Kier alpha value is -1.46. The van der Waals surface area contributed by atoms with Gasteiger partial charge in [-0.3, -0.25) is 0 Å². The highest BCUT2D eigenvalue weighted by molar-refractivity contribution is 6.18. The highest BCUT2D eigenvalue weighted by Crippen LogP contribution is 2.33. The van der Waals surface area contributed by atoms with Crippen LogP contribution in [-0.4, -0.2) is 29.7 Å². The van der Waals surface area contributed by atoms with Crippen molar-refractivity contribution in [3.8, 4) is 0 Å². The van der Waals surface area contributed by atoms with Crippen molar-refractivity contribution in [1.29, 1.82) is 0 Å². The Morgan fingerprint density at radius 1 is 1.47 bits per heavy atom. The minimum Gasteiger partial charge on any atom is -0.390 e. The van der Waals surface area contributed by atoms with Gasteiger partial charge in [0.05, 0.1) is 17.5 Å². The number of aliphatic hydroxyl groups is 1. The summed E-state index contributed by atoms with van der Waals surface area (Å²) in [6.07, 6.45) is -0.580. The van der Waals surface area contributed by atoms with Gasteiger partial charge in [-0.25, -0.2) is 4.79 Å². The molecule has 0 spiro atoms. The quantitative estimate of drug-likeness (QED) is 0.639. The molecule has 4 N–H and O–H groups in total. The van der Waals surface area contributed by atoms with E-state index in [9.17, 15) is 9.90 Å². The van der Waals surface area contributed by atoms with Crippen LogP contribution in [0.1, 0.15) is 19.4 Å². The van der Waals surface area contributed by atoms with Crippen molar-refractivity contribution >= 4 is 29.0 Å². The van der Waals surface area contributed by atoms with Gasteiger partial charge in [0.25, 0.3) is 0 Å². The van der Waals surface area contributed by atoms with Crippen molar-refractivity contribution in [1.82, 2.24) is 5.32 Å². The Balaban J connectivity index is 2.21. The lowest BCUT2D eigenvalue weighted by Crippen LogP contribution is -2.47. The number of nitrogens with one attached hydrogen (secondary N) is 3. The first-order chi connectivity index (χ1) is 8.92. The molecule has 1 heterocycles. The number of aliphatic hydroxyl groups excluding tert-OH is 1. The van der Waals surface area contributed by atoms with Crippen LogP contribution in [0.3, 0.4) is 0 Å². The van der Waals surface area contributed by atoms with Gasteiger partial charge in [-0.2, -0.15) is 0 Å². The number of amides is 2. The summed E-state index contributed by atoms with van der Waals surface area (Å²) in [5, 5.41) is 18.2. The zero-order valence-electron chi connectivity index (χ0n) is 11.0. The van der Waals surface area contributed by atoms with Gasteiger partial charge < -0.3 is 21.1 Å². The normalized spacial score (nSPS) is 18.0. The van der Waals surface area contributed by atoms with E-state index < -0.39 is 11.6 Å². The summed E-state index contributed by atoms with van der Waals surface area (Å²) in [5.74, 6) is 0.195. The Kier molecular flexibility index (Phi) is 3.87. The Morgan fingerprint density at radius 3 is 2.89 bits per heavy atom. The molecule has 0 aromatic heterocycles. The van der Waals surface area contributed by atoms with Crippen molar-refractivity contribution < 1.29 is 9.90 Å². The molecule has 2 rings (SSSR count). The molecule has 1 unspecified atom stereocenters. The predicted molar refractivity (Wildman–Crippen MR) is 76.8 cm³/mol. The van der Waals surface area contributed by atoms with Gasteiger partial charge in [-0.15, -0.1) is 11.6 Å². The molecular weight excluding hydrogens is 266 g/mol. The molecule has 0 bridgehead atoms. The number of halogens is 1. The van der Waals surface area contributed by atoms with Crippen molar-refractivity contribution in [2.24, 2.45) is 0 Å². The standard InChI is InChI=1S/C13H18ClN3O2/c1-13(2)10-5-8(15-7-9(18)6-14)3-4-11(10)16-12(19)17-13/h3-5,9,15,18H,6-7H2,1-2H3,(H2,16,17,19). The summed E-state index contributed by atoms with van der Waals surface area (Å²) < 4.78 is 0. The number of hydrogen-bond donors (Lipinski definition) is 4. The maximum Gasteiger partial charge on any atom is 0.319 e. The van der Waals surface area contributed by atoms with Gasteiger partial charge in [0.1, 0.15) is 0 Å². The Labute approximate surface area is 117 Å². The molecule has 1 aromatic rings. The summed E-state index contributed by atoms with van der Waals surface area (Å²) in [6, 6.07) is 5.48. The molecule has 0 radical (unpaired) electrons. The van der Waals surface area contributed by atoms with Gasteiger partial charge in [-0.05, 0) is 32.0 Å². The molecule has 104 valence electrons. The molecule has 0 saturated heterocycles. The second-order valence-corrected chi connectivity index (χ2v) is 5.46. The Morgan fingerprint density at radius 2 is 2.21 bits per heavy atom. The lowest BCUT2D eigenvalue weighted by molar-refractivity contribution is 0.211. The van der Waals surface area contributed by atoms with Crippen LogP contribution in [-0.2, 0) is 5.54 Å². The average molecular weight is 284 g/mol. The van der Waals surface area contributed by atoms with E-state index in [0.29, 0.717) is 6.54 Å². The SMILES string of the molecule is CC1(C)NC(=O)Nc2ccc(NCC(O)CCl)cc21. The first-order valence-corrected chi connectivity index (χ1v) is 6.67. The van der Waals surface area contributed by atoms with Gasteiger partial charge in [0.2, 0.25) is 0 Å². The number of benzene rings is 1. The molecule has 1 aliphatic heterocycles. The second kappa shape index (κ2) is 5.27. The largest absolute Gasteiger partial charge is 0.390 e. The fourth-order valence-electron chi connectivity index (χ4n) is 2.08. The van der Waals surface area contributed by atoms with Crippen LogP contribution in [0.15, 0.2) is 18.2 Å².